The van der Waals surface area contributed by atoms with E-state index in [-0.39, 0.29) is 11.8 Å². The van der Waals surface area contributed by atoms with Crippen molar-refractivity contribution in [2.75, 3.05) is 25.9 Å². The van der Waals surface area contributed by atoms with Crippen LogP contribution in [0, 0.1) is 13.8 Å². The number of fused-ring (bicyclic) bond motifs is 1. The van der Waals surface area contributed by atoms with Crippen LogP contribution < -0.4 is 10.5 Å². The van der Waals surface area contributed by atoms with Gasteiger partial charge in [0.15, 0.2) is 5.65 Å². The van der Waals surface area contributed by atoms with Crippen molar-refractivity contribution >= 4 is 34.4 Å². The molecule has 30 heavy (non-hydrogen) atoms. The number of hydrogen-bond donors (Lipinski definition) is 2. The number of carbonyl (C=O) groups excluding carboxylic acids is 1. The van der Waals surface area contributed by atoms with Crippen molar-refractivity contribution in [2.24, 2.45) is 0 Å². The molecule has 158 valence electrons. The number of aryl methyl sites for hydroxylation is 3. The van der Waals surface area contributed by atoms with Gasteiger partial charge in [0, 0.05) is 48.6 Å². The zero-order valence-corrected chi connectivity index (χ0v) is 18.3. The van der Waals surface area contributed by atoms with Crippen LogP contribution in [0.25, 0.3) is 11.0 Å². The van der Waals surface area contributed by atoms with Crippen LogP contribution in [0.15, 0.2) is 6.07 Å². The minimum absolute atomic E-state index is 0.0869. The van der Waals surface area contributed by atoms with Gasteiger partial charge in [0.1, 0.15) is 17.4 Å². The van der Waals surface area contributed by atoms with Crippen LogP contribution in [0.3, 0.4) is 0 Å². The van der Waals surface area contributed by atoms with Crippen molar-refractivity contribution in [1.82, 2.24) is 25.1 Å². The summed E-state index contributed by atoms with van der Waals surface area (Å²) in [5.74, 6) is 2.18. The van der Waals surface area contributed by atoms with Gasteiger partial charge in [-0.25, -0.2) is 9.97 Å². The second-order valence-corrected chi connectivity index (χ2v) is 8.19. The third kappa shape index (κ3) is 3.45. The number of anilines is 1. The number of carbonyl (C=O) groups is 1. The summed E-state index contributed by atoms with van der Waals surface area (Å²) in [6.07, 6.45) is 1.22. The number of nitrogens with one attached hydrogen (secondary N) is 1. The Kier molecular flexibility index (Phi) is 5.27. The average Bonchev–Trinajstić information content (AvgIpc) is 3.03. The summed E-state index contributed by atoms with van der Waals surface area (Å²) in [7, 11) is 1.67. The average molecular weight is 429 g/mol. The second kappa shape index (κ2) is 7.75. The number of halogens is 1. The van der Waals surface area contributed by atoms with Gasteiger partial charge < -0.3 is 15.4 Å². The van der Waals surface area contributed by atoms with E-state index in [1.807, 2.05) is 24.8 Å². The van der Waals surface area contributed by atoms with Gasteiger partial charge >= 0.3 is 0 Å². The summed E-state index contributed by atoms with van der Waals surface area (Å²) in [5.41, 5.74) is 10.6. The third-order valence-corrected chi connectivity index (χ3v) is 6.22. The smallest absolute Gasteiger partial charge is 0.219 e. The summed E-state index contributed by atoms with van der Waals surface area (Å²) < 4.78 is 5.81. The number of ether oxygens (including phenoxy) is 1. The Balaban J connectivity index is 1.62. The minimum atomic E-state index is 0.0869. The molecule has 1 saturated heterocycles. The molecule has 0 aliphatic carbocycles. The Labute approximate surface area is 179 Å². The Hall–Kier alpha value is -2.87. The normalized spacial score (nSPS) is 14.2. The van der Waals surface area contributed by atoms with E-state index in [4.69, 9.17) is 22.1 Å². The number of aromatic nitrogens is 4. The Morgan fingerprint density at radius 3 is 2.73 bits per heavy atom. The summed E-state index contributed by atoms with van der Waals surface area (Å²) in [6.45, 7) is 6.84. The number of nitrogen functional groups attached to an aromatic ring is 1. The highest BCUT2D eigenvalue weighted by molar-refractivity contribution is 6.31. The van der Waals surface area contributed by atoms with Crippen LogP contribution in [0.5, 0.6) is 5.75 Å². The highest BCUT2D eigenvalue weighted by Gasteiger charge is 2.34. The van der Waals surface area contributed by atoms with Crippen molar-refractivity contribution in [3.63, 3.8) is 0 Å². The van der Waals surface area contributed by atoms with Crippen molar-refractivity contribution in [2.45, 2.75) is 39.5 Å². The third-order valence-electron chi connectivity index (χ3n) is 5.83. The maximum Gasteiger partial charge on any atom is 0.219 e. The standard InChI is InChI=1S/C21H25ClN6O2/c1-10-15(22)7-13(19(30-4)17(10)14-8-28(9-14)12(3)29)5-6-16-24-20(23)18-11(2)26-27-21(18)25-16/h7,14H,5-6,8-9H2,1-4H3,(H3,23,24,25,26,27). The van der Waals surface area contributed by atoms with Crippen molar-refractivity contribution in [3.05, 3.63) is 39.3 Å². The molecule has 2 aromatic heterocycles. The number of methoxy groups -OCH3 is 1. The van der Waals surface area contributed by atoms with Crippen molar-refractivity contribution < 1.29 is 9.53 Å². The number of amides is 1. The van der Waals surface area contributed by atoms with Gasteiger partial charge in [-0.05, 0) is 37.5 Å². The molecule has 1 aliphatic rings. The molecule has 4 rings (SSSR count). The summed E-state index contributed by atoms with van der Waals surface area (Å²) in [5, 5.41) is 8.55. The molecule has 1 amide bonds. The highest BCUT2D eigenvalue weighted by atomic mass is 35.5. The van der Waals surface area contributed by atoms with E-state index in [1.54, 1.807) is 14.0 Å². The lowest BCUT2D eigenvalue weighted by Gasteiger charge is -2.40. The molecule has 8 nitrogen and oxygen atoms in total. The number of hydrogen-bond acceptors (Lipinski definition) is 6. The van der Waals surface area contributed by atoms with Crippen molar-refractivity contribution in [3.8, 4) is 5.75 Å². The van der Waals surface area contributed by atoms with E-state index in [0.717, 1.165) is 33.5 Å². The fraction of sp³-hybridized carbons (Fsp3) is 0.429. The molecule has 9 heteroatoms. The van der Waals surface area contributed by atoms with Crippen LogP contribution in [-0.4, -0.2) is 51.2 Å². The minimum Gasteiger partial charge on any atom is -0.496 e. The highest BCUT2D eigenvalue weighted by Crippen LogP contribution is 2.41. The van der Waals surface area contributed by atoms with Gasteiger partial charge in [-0.1, -0.05) is 11.6 Å². The molecule has 0 saturated carbocycles. The summed E-state index contributed by atoms with van der Waals surface area (Å²) >= 11 is 6.56. The van der Waals surface area contributed by atoms with E-state index < -0.39 is 0 Å². The fourth-order valence-corrected chi connectivity index (χ4v) is 4.37. The van der Waals surface area contributed by atoms with Crippen molar-refractivity contribution in [1.29, 1.82) is 0 Å². The molecule has 3 aromatic rings. The van der Waals surface area contributed by atoms with E-state index in [9.17, 15) is 4.79 Å². The van der Waals surface area contributed by atoms with Gasteiger partial charge in [0.05, 0.1) is 12.5 Å². The number of H-pyrrole nitrogens is 1. The molecular weight excluding hydrogens is 404 g/mol. The molecule has 0 unspecified atom stereocenters. The lowest BCUT2D eigenvalue weighted by atomic mass is 9.85. The number of likely N-dealkylation sites (tertiary alicyclic amines) is 1. The van der Waals surface area contributed by atoms with Crippen LogP contribution in [0.4, 0.5) is 5.82 Å². The lowest BCUT2D eigenvalue weighted by molar-refractivity contribution is -0.133. The molecule has 0 radical (unpaired) electrons. The van der Waals surface area contributed by atoms with E-state index in [0.29, 0.717) is 48.2 Å². The maximum absolute atomic E-state index is 11.6. The molecular formula is C21H25ClN6O2. The first kappa shape index (κ1) is 20.4. The van der Waals surface area contributed by atoms with Gasteiger partial charge in [0.2, 0.25) is 5.91 Å². The van der Waals surface area contributed by atoms with Crippen LogP contribution in [0.1, 0.15) is 41.1 Å². The molecule has 3 heterocycles. The topological polar surface area (TPSA) is 110 Å². The van der Waals surface area contributed by atoms with Crippen LogP contribution >= 0.6 is 11.6 Å². The zero-order valence-electron chi connectivity index (χ0n) is 17.5. The van der Waals surface area contributed by atoms with Crippen LogP contribution in [0.2, 0.25) is 5.02 Å². The second-order valence-electron chi connectivity index (χ2n) is 7.78. The first-order valence-electron chi connectivity index (χ1n) is 9.88. The number of aromatic amines is 1. The predicted molar refractivity (Wildman–Crippen MR) is 116 cm³/mol. The molecule has 0 bridgehead atoms. The quantitative estimate of drug-likeness (QED) is 0.646. The Morgan fingerprint density at radius 2 is 2.07 bits per heavy atom. The van der Waals surface area contributed by atoms with E-state index >= 15 is 0 Å². The number of benzene rings is 1. The maximum atomic E-state index is 11.6. The molecule has 3 N–H and O–H groups in total. The predicted octanol–water partition coefficient (Wildman–Crippen LogP) is 2.94. The van der Waals surface area contributed by atoms with E-state index in [1.165, 1.54) is 0 Å². The number of nitrogens with zero attached hydrogens (tertiary/aromatic N) is 4. The molecule has 0 spiro atoms. The Bertz CT molecular complexity index is 1140. The first-order valence-corrected chi connectivity index (χ1v) is 10.3. The van der Waals surface area contributed by atoms with E-state index in [2.05, 4.69) is 20.2 Å². The zero-order chi connectivity index (χ0) is 21.6. The number of nitrogens with two attached hydrogens (primary N) is 1. The fourth-order valence-electron chi connectivity index (χ4n) is 4.14. The monoisotopic (exact) mass is 428 g/mol. The largest absolute Gasteiger partial charge is 0.496 e. The summed E-state index contributed by atoms with van der Waals surface area (Å²) in [4.78, 5) is 22.4. The van der Waals surface area contributed by atoms with Gasteiger partial charge in [-0.2, -0.15) is 5.10 Å². The van der Waals surface area contributed by atoms with Crippen LogP contribution in [-0.2, 0) is 17.6 Å². The molecule has 1 aliphatic heterocycles. The van der Waals surface area contributed by atoms with Gasteiger partial charge in [-0.3, -0.25) is 9.89 Å². The summed E-state index contributed by atoms with van der Waals surface area (Å²) in [6, 6.07) is 1.95. The first-order chi connectivity index (χ1) is 14.3. The molecule has 0 atom stereocenters. The van der Waals surface area contributed by atoms with Gasteiger partial charge in [0.25, 0.3) is 0 Å². The Morgan fingerprint density at radius 1 is 1.33 bits per heavy atom. The number of rotatable bonds is 5. The van der Waals surface area contributed by atoms with Gasteiger partial charge in [-0.15, -0.1) is 0 Å². The SMILES string of the molecule is COc1c(CCc2nc(N)c3c(C)[nH]nc3n2)cc(Cl)c(C)c1C1CN(C(C)=O)C1. The lowest BCUT2D eigenvalue weighted by Crippen LogP contribution is -2.47. The molecule has 1 aromatic carbocycles. The molecule has 1 fully saturated rings.